The van der Waals surface area contributed by atoms with Gasteiger partial charge in [-0.25, -0.2) is 14.6 Å². The van der Waals surface area contributed by atoms with E-state index in [4.69, 9.17) is 11.6 Å². The van der Waals surface area contributed by atoms with E-state index < -0.39 is 0 Å². The highest BCUT2D eigenvalue weighted by Crippen LogP contribution is 2.25. The number of amides is 1. The van der Waals surface area contributed by atoms with Gasteiger partial charge in [0.15, 0.2) is 0 Å². The molecule has 8 heteroatoms. The molecule has 0 spiro atoms. The Morgan fingerprint density at radius 3 is 2.67 bits per heavy atom. The van der Waals surface area contributed by atoms with Crippen LogP contribution in [-0.2, 0) is 0 Å². The number of pyridine rings is 1. The van der Waals surface area contributed by atoms with Crippen molar-refractivity contribution in [3.8, 4) is 5.69 Å². The van der Waals surface area contributed by atoms with Crippen molar-refractivity contribution < 1.29 is 4.79 Å². The summed E-state index contributed by atoms with van der Waals surface area (Å²) in [5, 5.41) is 7.73. The summed E-state index contributed by atoms with van der Waals surface area (Å²) in [6.07, 6.45) is 4.56. The second kappa shape index (κ2) is 6.67. The van der Waals surface area contributed by atoms with Gasteiger partial charge in [-0.15, -0.1) is 0 Å². The molecular weight excluding hydrogens is 328 g/mol. The normalized spacial score (nSPS) is 10.5. The Hall–Kier alpha value is -2.93. The average molecular weight is 343 g/mol. The Kier molecular flexibility index (Phi) is 4.43. The Morgan fingerprint density at radius 2 is 2.08 bits per heavy atom. The minimum Gasteiger partial charge on any atom is -0.345 e. The summed E-state index contributed by atoms with van der Waals surface area (Å²) < 4.78 is 1.59. The first-order valence-corrected chi connectivity index (χ1v) is 7.51. The highest BCUT2D eigenvalue weighted by Gasteiger charge is 2.09. The molecule has 0 bridgehead atoms. The Bertz CT molecular complexity index is 846. The first kappa shape index (κ1) is 15.9. The lowest BCUT2D eigenvalue weighted by molar-refractivity contribution is 0.0827. The van der Waals surface area contributed by atoms with Gasteiger partial charge in [0.25, 0.3) is 5.91 Å². The van der Waals surface area contributed by atoms with Gasteiger partial charge in [0.05, 0.1) is 16.3 Å². The monoisotopic (exact) mass is 342 g/mol. The van der Waals surface area contributed by atoms with E-state index in [0.29, 0.717) is 16.4 Å². The van der Waals surface area contributed by atoms with E-state index in [0.717, 1.165) is 11.4 Å². The van der Waals surface area contributed by atoms with Crippen molar-refractivity contribution in [2.24, 2.45) is 0 Å². The molecule has 3 rings (SSSR count). The van der Waals surface area contributed by atoms with Gasteiger partial charge >= 0.3 is 0 Å². The lowest BCUT2D eigenvalue weighted by Crippen LogP contribution is -2.21. The minimum absolute atomic E-state index is 0.0886. The van der Waals surface area contributed by atoms with Crippen LogP contribution in [0.3, 0.4) is 0 Å². The van der Waals surface area contributed by atoms with Crippen molar-refractivity contribution in [3.63, 3.8) is 0 Å². The third-order valence-corrected chi connectivity index (χ3v) is 3.61. The molecule has 1 aromatic carbocycles. The lowest BCUT2D eigenvalue weighted by atomic mass is 10.2. The largest absolute Gasteiger partial charge is 0.345 e. The van der Waals surface area contributed by atoms with Crippen LogP contribution in [0.2, 0.25) is 5.02 Å². The lowest BCUT2D eigenvalue weighted by Gasteiger charge is -2.11. The predicted octanol–water partition coefficient (Wildman–Crippen LogP) is 2.76. The number of nitrogens with one attached hydrogen (secondary N) is 1. The second-order valence-corrected chi connectivity index (χ2v) is 5.67. The Balaban J connectivity index is 1.77. The summed E-state index contributed by atoms with van der Waals surface area (Å²) in [6, 6.07) is 8.95. The maximum atomic E-state index is 11.8. The van der Waals surface area contributed by atoms with Gasteiger partial charge in [-0.2, -0.15) is 5.10 Å². The molecule has 122 valence electrons. The number of halogens is 1. The van der Waals surface area contributed by atoms with Crippen LogP contribution in [-0.4, -0.2) is 44.7 Å². The molecule has 0 aliphatic rings. The molecule has 0 saturated heterocycles. The molecule has 1 N–H and O–H groups in total. The van der Waals surface area contributed by atoms with E-state index in [1.165, 1.54) is 17.4 Å². The maximum absolute atomic E-state index is 11.8. The van der Waals surface area contributed by atoms with Crippen molar-refractivity contribution in [1.29, 1.82) is 0 Å². The summed E-state index contributed by atoms with van der Waals surface area (Å²) in [4.78, 5) is 21.5. The van der Waals surface area contributed by atoms with E-state index in [9.17, 15) is 4.79 Å². The number of rotatable bonds is 4. The molecule has 0 aliphatic carbocycles. The van der Waals surface area contributed by atoms with Crippen LogP contribution >= 0.6 is 11.6 Å². The van der Waals surface area contributed by atoms with Crippen LogP contribution < -0.4 is 5.32 Å². The smallest absolute Gasteiger partial charge is 0.254 e. The second-order valence-electron chi connectivity index (χ2n) is 5.26. The van der Waals surface area contributed by atoms with Crippen LogP contribution in [0, 0.1) is 0 Å². The van der Waals surface area contributed by atoms with Crippen LogP contribution in [0.25, 0.3) is 5.69 Å². The number of benzene rings is 1. The minimum atomic E-state index is -0.0886. The van der Waals surface area contributed by atoms with E-state index in [-0.39, 0.29) is 5.91 Å². The van der Waals surface area contributed by atoms with Crippen LogP contribution in [0.5, 0.6) is 0 Å². The van der Waals surface area contributed by atoms with Crippen molar-refractivity contribution >= 4 is 29.0 Å². The van der Waals surface area contributed by atoms with Gasteiger partial charge in [0.1, 0.15) is 18.5 Å². The molecule has 2 aromatic heterocycles. The van der Waals surface area contributed by atoms with Crippen molar-refractivity contribution in [1.82, 2.24) is 24.6 Å². The van der Waals surface area contributed by atoms with E-state index in [2.05, 4.69) is 20.4 Å². The van der Waals surface area contributed by atoms with Gasteiger partial charge in [-0.05, 0) is 30.3 Å². The SMILES string of the molecule is CN(C)C(=O)c1ccc(Nc2ccc(-n3cncn3)c(Cl)c2)nc1. The first-order chi connectivity index (χ1) is 11.5. The summed E-state index contributed by atoms with van der Waals surface area (Å²) >= 11 is 6.29. The highest BCUT2D eigenvalue weighted by molar-refractivity contribution is 6.32. The molecule has 0 fully saturated rings. The number of nitrogens with zero attached hydrogens (tertiary/aromatic N) is 5. The van der Waals surface area contributed by atoms with E-state index >= 15 is 0 Å². The first-order valence-electron chi connectivity index (χ1n) is 7.14. The fourth-order valence-corrected chi connectivity index (χ4v) is 2.37. The summed E-state index contributed by atoms with van der Waals surface area (Å²) in [7, 11) is 3.40. The zero-order valence-corrected chi connectivity index (χ0v) is 13.9. The fourth-order valence-electron chi connectivity index (χ4n) is 2.10. The molecule has 0 atom stereocenters. The summed E-state index contributed by atoms with van der Waals surface area (Å²) in [5.74, 6) is 0.532. The molecule has 0 aliphatic heterocycles. The van der Waals surface area contributed by atoms with Gasteiger partial charge in [0, 0.05) is 26.0 Å². The molecular formula is C16H15ClN6O. The Morgan fingerprint density at radius 1 is 1.25 bits per heavy atom. The quantitative estimate of drug-likeness (QED) is 0.789. The predicted molar refractivity (Wildman–Crippen MR) is 91.9 cm³/mol. The number of carbonyl (C=O) groups excluding carboxylic acids is 1. The highest BCUT2D eigenvalue weighted by atomic mass is 35.5. The molecule has 2 heterocycles. The third kappa shape index (κ3) is 3.36. The number of aromatic nitrogens is 4. The molecule has 0 unspecified atom stereocenters. The van der Waals surface area contributed by atoms with Crippen molar-refractivity contribution in [3.05, 3.63) is 59.8 Å². The molecule has 0 radical (unpaired) electrons. The van der Waals surface area contributed by atoms with Crippen LogP contribution in [0.1, 0.15) is 10.4 Å². The van der Waals surface area contributed by atoms with Crippen LogP contribution in [0.4, 0.5) is 11.5 Å². The Labute approximate surface area is 143 Å². The fraction of sp³-hybridized carbons (Fsp3) is 0.125. The third-order valence-electron chi connectivity index (χ3n) is 3.30. The molecule has 3 aromatic rings. The standard InChI is InChI=1S/C16H15ClN6O/c1-22(2)16(24)11-3-6-15(19-8-11)21-12-4-5-14(13(17)7-12)23-10-18-9-20-23/h3-10H,1-2H3,(H,19,21). The van der Waals surface area contributed by atoms with Gasteiger partial charge in [-0.3, -0.25) is 4.79 Å². The zero-order valence-electron chi connectivity index (χ0n) is 13.1. The van der Waals surface area contributed by atoms with Gasteiger partial charge < -0.3 is 10.2 Å². The number of hydrogen-bond donors (Lipinski definition) is 1. The zero-order chi connectivity index (χ0) is 17.1. The molecule has 1 amide bonds. The molecule has 24 heavy (non-hydrogen) atoms. The summed E-state index contributed by atoms with van der Waals surface area (Å²) in [5.41, 5.74) is 2.05. The van der Waals surface area contributed by atoms with Gasteiger partial charge in [-0.1, -0.05) is 11.6 Å². The number of anilines is 2. The van der Waals surface area contributed by atoms with E-state index in [1.54, 1.807) is 43.3 Å². The van der Waals surface area contributed by atoms with Gasteiger partial charge in [0.2, 0.25) is 0 Å². The van der Waals surface area contributed by atoms with E-state index in [1.807, 2.05) is 12.1 Å². The summed E-state index contributed by atoms with van der Waals surface area (Å²) in [6.45, 7) is 0. The topological polar surface area (TPSA) is 75.9 Å². The molecule has 7 nitrogen and oxygen atoms in total. The maximum Gasteiger partial charge on any atom is 0.254 e. The van der Waals surface area contributed by atoms with Crippen molar-refractivity contribution in [2.75, 3.05) is 19.4 Å². The number of carbonyl (C=O) groups is 1. The van der Waals surface area contributed by atoms with Crippen molar-refractivity contribution in [2.45, 2.75) is 0 Å². The van der Waals surface area contributed by atoms with Crippen LogP contribution in [0.15, 0.2) is 49.2 Å². The number of hydrogen-bond acceptors (Lipinski definition) is 5. The average Bonchev–Trinajstić information content (AvgIpc) is 3.09. The molecule has 0 saturated carbocycles.